The van der Waals surface area contributed by atoms with Crippen molar-refractivity contribution in [1.82, 2.24) is 9.55 Å². The number of hydrogen-bond acceptors (Lipinski definition) is 3. The first-order valence-electron chi connectivity index (χ1n) is 19.7. The third-order valence-electron chi connectivity index (χ3n) is 11.5. The van der Waals surface area contributed by atoms with E-state index in [1.807, 2.05) is 6.20 Å². The number of fused-ring (bicyclic) bond motifs is 4. The molecule has 1 aliphatic rings. The average molecular weight is 930 g/mol. The summed E-state index contributed by atoms with van der Waals surface area (Å²) >= 11 is 0. The van der Waals surface area contributed by atoms with Crippen molar-refractivity contribution in [3.05, 3.63) is 223 Å². The van der Waals surface area contributed by atoms with E-state index in [-0.39, 0.29) is 26.6 Å². The molecule has 0 unspecified atom stereocenters. The van der Waals surface area contributed by atoms with Gasteiger partial charge in [-0.3, -0.25) is 0 Å². The van der Waals surface area contributed by atoms with E-state index in [1.54, 1.807) is 0 Å². The van der Waals surface area contributed by atoms with Gasteiger partial charge in [-0.1, -0.05) is 133 Å². The van der Waals surface area contributed by atoms with Crippen molar-refractivity contribution < 1.29 is 21.1 Å². The summed E-state index contributed by atoms with van der Waals surface area (Å²) < 4.78 is 2.28. The van der Waals surface area contributed by atoms with Crippen molar-refractivity contribution in [2.75, 3.05) is 16.5 Å². The van der Waals surface area contributed by atoms with Crippen LogP contribution in [-0.4, -0.2) is 21.8 Å². The van der Waals surface area contributed by atoms with Crippen LogP contribution in [0.4, 0.5) is 17.1 Å². The normalized spacial score (nSPS) is 12.8. The van der Waals surface area contributed by atoms with E-state index in [1.165, 1.54) is 11.4 Å². The van der Waals surface area contributed by atoms with Crippen LogP contribution in [0.15, 0.2) is 188 Å². The van der Waals surface area contributed by atoms with Crippen LogP contribution in [0.1, 0.15) is 43.0 Å². The monoisotopic (exact) mass is 929 g/mol. The Morgan fingerprint density at radius 3 is 1.86 bits per heavy atom. The summed E-state index contributed by atoms with van der Waals surface area (Å²) in [6.07, 6.45) is 1.91. The molecule has 0 amide bonds. The zero-order chi connectivity index (χ0) is 38.6. The van der Waals surface area contributed by atoms with Gasteiger partial charge >= 0.3 is 21.1 Å². The van der Waals surface area contributed by atoms with Crippen molar-refractivity contribution in [1.29, 1.82) is 0 Å². The summed E-state index contributed by atoms with van der Waals surface area (Å²) in [6, 6.07) is 73.2. The molecular formula is C53H42N4Pt. The second-order valence-electron chi connectivity index (χ2n) is 15.8. The molecule has 0 atom stereocenters. The van der Waals surface area contributed by atoms with E-state index >= 15 is 0 Å². The van der Waals surface area contributed by atoms with Crippen LogP contribution < -0.4 is 9.80 Å². The molecular weight excluding hydrogens is 888 g/mol. The molecule has 2 aromatic heterocycles. The Balaban J connectivity index is 0.00000436. The molecule has 0 radical (unpaired) electrons. The Bertz CT molecular complexity index is 2840. The number of rotatable bonds is 7. The maximum absolute atomic E-state index is 5.00. The van der Waals surface area contributed by atoms with Crippen LogP contribution in [-0.2, 0) is 26.5 Å². The second-order valence-corrected chi connectivity index (χ2v) is 15.8. The van der Waals surface area contributed by atoms with Crippen LogP contribution in [0.3, 0.4) is 0 Å². The molecule has 58 heavy (non-hydrogen) atoms. The van der Waals surface area contributed by atoms with Crippen LogP contribution >= 0.6 is 0 Å². The number of pyridine rings is 1. The van der Waals surface area contributed by atoms with Gasteiger partial charge in [0.15, 0.2) is 0 Å². The Kier molecular flexibility index (Phi) is 9.62. The van der Waals surface area contributed by atoms with Crippen molar-refractivity contribution in [2.24, 2.45) is 0 Å². The molecule has 0 spiro atoms. The van der Waals surface area contributed by atoms with Gasteiger partial charge in [0, 0.05) is 22.7 Å². The summed E-state index contributed by atoms with van der Waals surface area (Å²) in [5.41, 5.74) is 11.3. The van der Waals surface area contributed by atoms with Crippen LogP contribution in [0.25, 0.3) is 38.8 Å². The van der Waals surface area contributed by atoms with Gasteiger partial charge in [0.1, 0.15) is 5.82 Å². The van der Waals surface area contributed by atoms with Crippen molar-refractivity contribution in [2.45, 2.75) is 31.7 Å². The van der Waals surface area contributed by atoms with Crippen molar-refractivity contribution in [3.8, 4) is 16.9 Å². The summed E-state index contributed by atoms with van der Waals surface area (Å²) in [4.78, 5) is 9.88. The maximum atomic E-state index is 5.00. The van der Waals surface area contributed by atoms with Gasteiger partial charge in [0.2, 0.25) is 0 Å². The summed E-state index contributed by atoms with van der Waals surface area (Å²) in [6.45, 7) is 7.57. The van der Waals surface area contributed by atoms with E-state index in [0.29, 0.717) is 0 Å². The van der Waals surface area contributed by atoms with Gasteiger partial charge in [0.25, 0.3) is 0 Å². The minimum Gasteiger partial charge on any atom is -0.347 e. The van der Waals surface area contributed by atoms with Crippen LogP contribution in [0, 0.1) is 12.1 Å². The maximum Gasteiger partial charge on any atom is 2.00 e. The fourth-order valence-corrected chi connectivity index (χ4v) is 8.84. The fourth-order valence-electron chi connectivity index (χ4n) is 8.84. The molecule has 7 aromatic carbocycles. The second kappa shape index (κ2) is 14.9. The molecule has 0 bridgehead atoms. The molecule has 10 rings (SSSR count). The number of benzene rings is 7. The molecule has 0 aliphatic carbocycles. The molecule has 4 nitrogen and oxygen atoms in total. The number of para-hydroxylation sites is 3. The van der Waals surface area contributed by atoms with Gasteiger partial charge in [0.05, 0.1) is 18.0 Å². The van der Waals surface area contributed by atoms with E-state index < -0.39 is 5.41 Å². The van der Waals surface area contributed by atoms with E-state index in [9.17, 15) is 0 Å². The Hall–Kier alpha value is -6.22. The summed E-state index contributed by atoms with van der Waals surface area (Å²) in [7, 11) is 0. The number of hydrogen-bond donors (Lipinski definition) is 0. The molecule has 9 aromatic rings. The smallest absolute Gasteiger partial charge is 0.347 e. The molecule has 284 valence electrons. The molecule has 5 heteroatoms. The van der Waals surface area contributed by atoms with E-state index in [4.69, 9.17) is 4.98 Å². The van der Waals surface area contributed by atoms with Crippen LogP contribution in [0.2, 0.25) is 0 Å². The Morgan fingerprint density at radius 1 is 0.534 bits per heavy atom. The van der Waals surface area contributed by atoms with E-state index in [0.717, 1.165) is 73.4 Å². The van der Waals surface area contributed by atoms with Crippen molar-refractivity contribution >= 4 is 38.9 Å². The number of aromatic nitrogens is 2. The molecule has 3 heterocycles. The first-order valence-corrected chi connectivity index (χ1v) is 19.7. The van der Waals surface area contributed by atoms with Crippen molar-refractivity contribution in [3.63, 3.8) is 0 Å². The molecule has 0 saturated heterocycles. The third-order valence-corrected chi connectivity index (χ3v) is 11.5. The van der Waals surface area contributed by atoms with E-state index in [2.05, 4.69) is 229 Å². The molecule has 0 N–H and O–H groups in total. The standard InChI is InChI=1S/C53H42N4.Pt/c1-52(2,3)56-37-55(48-28-15-16-29-49(48)56)44-25-17-24-42(35-44)53(40-20-9-5-10-21-40,41-22-11-6-12-23-41)43-30-31-46-45-26-13-14-27-47(45)57(50(46)36-43)51-34-39(32-33-54-51)38-18-7-4-8-19-38;/h4-34H,37H2,1-3H3;/q-2;+2. The predicted octanol–water partition coefficient (Wildman–Crippen LogP) is 12.5. The predicted molar refractivity (Wildman–Crippen MR) is 236 cm³/mol. The van der Waals surface area contributed by atoms with Gasteiger partial charge in [-0.05, 0) is 78.7 Å². The SMILES string of the molecule is CC(C)(C)N1CN(c2[c-]c(C(c3[c-]c4c(cc3)c3ccccc3n4-c3cc(-c4ccccc4)ccn3)(c3ccccc3)c3ccccc3)ccc2)c2ccccc21.[Pt+2]. The number of anilines is 3. The topological polar surface area (TPSA) is 24.3 Å². The zero-order valence-electron chi connectivity index (χ0n) is 32.7. The molecule has 0 fully saturated rings. The number of nitrogens with zero attached hydrogens (tertiary/aromatic N) is 4. The Morgan fingerprint density at radius 2 is 1.16 bits per heavy atom. The van der Waals surface area contributed by atoms with Gasteiger partial charge in [-0.2, -0.15) is 36.4 Å². The Labute approximate surface area is 355 Å². The first kappa shape index (κ1) is 37.4. The van der Waals surface area contributed by atoms with Crippen LogP contribution in [0.5, 0.6) is 0 Å². The summed E-state index contributed by atoms with van der Waals surface area (Å²) in [5, 5.41) is 2.29. The zero-order valence-corrected chi connectivity index (χ0v) is 35.0. The largest absolute Gasteiger partial charge is 2.00 e. The quantitative estimate of drug-likeness (QED) is 0.118. The van der Waals surface area contributed by atoms with Gasteiger partial charge in [-0.25, -0.2) is 4.98 Å². The minimum absolute atomic E-state index is 0. The van der Waals surface area contributed by atoms with Gasteiger partial charge in [-0.15, -0.1) is 22.6 Å². The fraction of sp³-hybridized carbons (Fsp3) is 0.113. The average Bonchev–Trinajstić information content (AvgIpc) is 3.82. The molecule has 0 saturated carbocycles. The van der Waals surface area contributed by atoms with Gasteiger partial charge < -0.3 is 14.4 Å². The molecule has 1 aliphatic heterocycles. The summed E-state index contributed by atoms with van der Waals surface area (Å²) in [5.74, 6) is 0.852. The minimum atomic E-state index is -0.768. The third kappa shape index (κ3) is 6.15. The first-order chi connectivity index (χ1) is 27.9.